The van der Waals surface area contributed by atoms with Gasteiger partial charge in [-0.3, -0.25) is 9.48 Å². The fourth-order valence-corrected chi connectivity index (χ4v) is 4.23. The molecule has 3 rings (SSSR count). The van der Waals surface area contributed by atoms with Gasteiger partial charge in [0.1, 0.15) is 5.75 Å². The molecule has 5 nitrogen and oxygen atoms in total. The third-order valence-electron chi connectivity index (χ3n) is 5.73. The lowest BCUT2D eigenvalue weighted by molar-refractivity contribution is -0.132. The van der Waals surface area contributed by atoms with Crippen molar-refractivity contribution in [2.24, 2.45) is 5.92 Å². The van der Waals surface area contributed by atoms with E-state index < -0.39 is 0 Å². The number of carbonyl (C=O) groups excluding carboxylic acids is 1. The molecule has 2 aromatic rings. The van der Waals surface area contributed by atoms with Gasteiger partial charge in [0, 0.05) is 25.2 Å². The number of aromatic nitrogens is 2. The fourth-order valence-electron chi connectivity index (χ4n) is 4.23. The zero-order chi connectivity index (χ0) is 20.3. The van der Waals surface area contributed by atoms with Gasteiger partial charge in [-0.25, -0.2) is 0 Å². The Labute approximate surface area is 168 Å². The van der Waals surface area contributed by atoms with Crippen LogP contribution in [0.5, 0.6) is 5.75 Å². The first-order valence-electron chi connectivity index (χ1n) is 10.4. The van der Waals surface area contributed by atoms with Crippen LogP contribution in [-0.4, -0.2) is 34.2 Å². The molecular formula is C23H33N3O2. The summed E-state index contributed by atoms with van der Waals surface area (Å²) >= 11 is 0. The van der Waals surface area contributed by atoms with Crippen molar-refractivity contribution >= 4 is 5.91 Å². The van der Waals surface area contributed by atoms with Gasteiger partial charge in [-0.1, -0.05) is 26.0 Å². The van der Waals surface area contributed by atoms with Crippen LogP contribution in [0.15, 0.2) is 24.3 Å². The standard InChI is InChI=1S/C23H33N3O2/c1-16(2)15-26-18(4)21(17(3)24-26)12-13-23(27)25-14-6-7-22(25)19-8-10-20(28-5)11-9-19/h8-11,16,22H,6-7,12-15H2,1-5H3/t22-/m0/s1. The number of hydrogen-bond donors (Lipinski definition) is 0. The van der Waals surface area contributed by atoms with E-state index in [0.717, 1.165) is 43.8 Å². The highest BCUT2D eigenvalue weighted by atomic mass is 16.5. The van der Waals surface area contributed by atoms with Crippen LogP contribution < -0.4 is 4.74 Å². The van der Waals surface area contributed by atoms with Gasteiger partial charge in [0.05, 0.1) is 18.8 Å². The molecule has 152 valence electrons. The number of ether oxygens (including phenoxy) is 1. The predicted molar refractivity (Wildman–Crippen MR) is 112 cm³/mol. The molecule has 0 radical (unpaired) electrons. The number of benzene rings is 1. The minimum Gasteiger partial charge on any atom is -0.497 e. The molecular weight excluding hydrogens is 350 g/mol. The van der Waals surface area contributed by atoms with E-state index >= 15 is 0 Å². The molecule has 0 saturated carbocycles. The van der Waals surface area contributed by atoms with E-state index in [1.54, 1.807) is 7.11 Å². The monoisotopic (exact) mass is 383 g/mol. The Bertz CT molecular complexity index is 808. The van der Waals surface area contributed by atoms with E-state index in [-0.39, 0.29) is 11.9 Å². The predicted octanol–water partition coefficient (Wildman–Crippen LogP) is 4.46. The van der Waals surface area contributed by atoms with E-state index in [2.05, 4.69) is 54.5 Å². The van der Waals surface area contributed by atoms with Gasteiger partial charge >= 0.3 is 0 Å². The van der Waals surface area contributed by atoms with Gasteiger partial charge in [0.15, 0.2) is 0 Å². The van der Waals surface area contributed by atoms with Crippen molar-refractivity contribution in [2.45, 2.75) is 66.0 Å². The number of carbonyl (C=O) groups is 1. The Kier molecular flexibility index (Phi) is 6.42. The van der Waals surface area contributed by atoms with Gasteiger partial charge in [-0.05, 0) is 62.3 Å². The molecule has 5 heteroatoms. The Hall–Kier alpha value is -2.30. The van der Waals surface area contributed by atoms with Crippen molar-refractivity contribution in [3.8, 4) is 5.75 Å². The number of likely N-dealkylation sites (tertiary alicyclic amines) is 1. The van der Waals surface area contributed by atoms with Crippen molar-refractivity contribution in [3.05, 3.63) is 46.8 Å². The molecule has 1 aromatic heterocycles. The molecule has 28 heavy (non-hydrogen) atoms. The van der Waals surface area contributed by atoms with Crippen molar-refractivity contribution in [1.29, 1.82) is 0 Å². The highest BCUT2D eigenvalue weighted by molar-refractivity contribution is 5.77. The summed E-state index contributed by atoms with van der Waals surface area (Å²) in [5, 5.41) is 4.68. The van der Waals surface area contributed by atoms with Crippen LogP contribution in [0.3, 0.4) is 0 Å². The maximum Gasteiger partial charge on any atom is 0.223 e. The third-order valence-corrected chi connectivity index (χ3v) is 5.73. The molecule has 0 spiro atoms. The number of rotatable bonds is 7. The summed E-state index contributed by atoms with van der Waals surface area (Å²) in [6.45, 7) is 10.4. The largest absolute Gasteiger partial charge is 0.497 e. The van der Waals surface area contributed by atoms with E-state index in [0.29, 0.717) is 12.3 Å². The summed E-state index contributed by atoms with van der Waals surface area (Å²) in [6.07, 6.45) is 3.40. The van der Waals surface area contributed by atoms with Crippen molar-refractivity contribution in [2.75, 3.05) is 13.7 Å². The Morgan fingerprint density at radius 2 is 1.96 bits per heavy atom. The maximum absolute atomic E-state index is 13.0. The minimum atomic E-state index is 0.185. The Balaban J connectivity index is 1.66. The molecule has 0 bridgehead atoms. The SMILES string of the molecule is COc1ccc([C@@H]2CCCN2C(=O)CCc2c(C)nn(CC(C)C)c2C)cc1. The summed E-state index contributed by atoms with van der Waals surface area (Å²) in [5.41, 5.74) is 4.68. The van der Waals surface area contributed by atoms with Crippen LogP contribution >= 0.6 is 0 Å². The van der Waals surface area contributed by atoms with E-state index in [4.69, 9.17) is 4.74 Å². The Morgan fingerprint density at radius 1 is 1.25 bits per heavy atom. The molecule has 1 aliphatic heterocycles. The normalized spacial score (nSPS) is 16.8. The molecule has 0 unspecified atom stereocenters. The average molecular weight is 384 g/mol. The van der Waals surface area contributed by atoms with Crippen LogP contribution in [0.2, 0.25) is 0 Å². The van der Waals surface area contributed by atoms with E-state index in [1.807, 2.05) is 12.1 Å². The lowest BCUT2D eigenvalue weighted by atomic mass is 10.0. The van der Waals surface area contributed by atoms with Crippen LogP contribution in [-0.2, 0) is 17.8 Å². The summed E-state index contributed by atoms with van der Waals surface area (Å²) in [6, 6.07) is 8.31. The summed E-state index contributed by atoms with van der Waals surface area (Å²) in [4.78, 5) is 15.1. The smallest absolute Gasteiger partial charge is 0.223 e. The van der Waals surface area contributed by atoms with Crippen LogP contribution in [0.25, 0.3) is 0 Å². The summed E-state index contributed by atoms with van der Waals surface area (Å²) < 4.78 is 7.35. The number of hydrogen-bond acceptors (Lipinski definition) is 3. The van der Waals surface area contributed by atoms with Gasteiger partial charge in [-0.2, -0.15) is 5.10 Å². The number of aryl methyl sites for hydroxylation is 1. The molecule has 1 amide bonds. The number of amides is 1. The second-order valence-electron chi connectivity index (χ2n) is 8.24. The third kappa shape index (κ3) is 4.40. The van der Waals surface area contributed by atoms with Gasteiger partial charge in [0.2, 0.25) is 5.91 Å². The zero-order valence-corrected chi connectivity index (χ0v) is 17.9. The second-order valence-corrected chi connectivity index (χ2v) is 8.24. The molecule has 2 heterocycles. The molecule has 1 saturated heterocycles. The highest BCUT2D eigenvalue weighted by Gasteiger charge is 2.29. The minimum absolute atomic E-state index is 0.185. The Morgan fingerprint density at radius 3 is 2.61 bits per heavy atom. The van der Waals surface area contributed by atoms with Crippen LogP contribution in [0.4, 0.5) is 0 Å². The van der Waals surface area contributed by atoms with Crippen molar-refractivity contribution in [1.82, 2.24) is 14.7 Å². The van der Waals surface area contributed by atoms with Gasteiger partial charge < -0.3 is 9.64 Å². The molecule has 0 aliphatic carbocycles. The first-order chi connectivity index (χ1) is 13.4. The molecule has 0 N–H and O–H groups in total. The van der Waals surface area contributed by atoms with Crippen LogP contribution in [0.1, 0.15) is 61.7 Å². The molecule has 1 aliphatic rings. The molecule has 1 fully saturated rings. The average Bonchev–Trinajstić information content (AvgIpc) is 3.25. The quantitative estimate of drug-likeness (QED) is 0.709. The van der Waals surface area contributed by atoms with Crippen molar-refractivity contribution in [3.63, 3.8) is 0 Å². The fraction of sp³-hybridized carbons (Fsp3) is 0.565. The topological polar surface area (TPSA) is 47.4 Å². The van der Waals surface area contributed by atoms with Gasteiger partial charge in [0.25, 0.3) is 0 Å². The zero-order valence-electron chi connectivity index (χ0n) is 17.9. The highest BCUT2D eigenvalue weighted by Crippen LogP contribution is 2.33. The number of nitrogens with zero attached hydrogens (tertiary/aromatic N) is 3. The number of methoxy groups -OCH3 is 1. The molecule has 1 atom stereocenters. The summed E-state index contributed by atoms with van der Waals surface area (Å²) in [5.74, 6) is 1.65. The first-order valence-corrected chi connectivity index (χ1v) is 10.4. The van der Waals surface area contributed by atoms with Crippen molar-refractivity contribution < 1.29 is 9.53 Å². The van der Waals surface area contributed by atoms with Crippen LogP contribution in [0, 0.1) is 19.8 Å². The molecule has 1 aromatic carbocycles. The first kappa shape index (κ1) is 20.4. The van der Waals surface area contributed by atoms with Gasteiger partial charge in [-0.15, -0.1) is 0 Å². The maximum atomic E-state index is 13.0. The van der Waals surface area contributed by atoms with E-state index in [1.165, 1.54) is 16.8 Å². The lowest BCUT2D eigenvalue weighted by Gasteiger charge is -2.25. The summed E-state index contributed by atoms with van der Waals surface area (Å²) in [7, 11) is 1.67. The van der Waals surface area contributed by atoms with E-state index in [9.17, 15) is 4.79 Å². The second kappa shape index (κ2) is 8.80. The lowest BCUT2D eigenvalue weighted by Crippen LogP contribution is -2.30.